The van der Waals surface area contributed by atoms with Crippen molar-refractivity contribution in [3.05, 3.63) is 48.0 Å². The lowest BCUT2D eigenvalue weighted by molar-refractivity contribution is -0.144. The van der Waals surface area contributed by atoms with E-state index in [1.54, 1.807) is 4.90 Å². The maximum absolute atomic E-state index is 11.7. The number of aliphatic hydroxyl groups is 1. The van der Waals surface area contributed by atoms with Gasteiger partial charge in [0.25, 0.3) is 0 Å². The smallest absolute Gasteiger partial charge is 0.248 e. The van der Waals surface area contributed by atoms with Gasteiger partial charge in [0.15, 0.2) is 0 Å². The molecule has 0 aromatic heterocycles. The number of aliphatic hydroxyl groups excluding tert-OH is 1. The fourth-order valence-electron chi connectivity index (χ4n) is 2.59. The van der Waals surface area contributed by atoms with E-state index in [-0.39, 0.29) is 12.5 Å². The van der Waals surface area contributed by atoms with Gasteiger partial charge >= 0.3 is 0 Å². The number of hydrogen-bond donors (Lipinski definition) is 1. The third kappa shape index (κ3) is 2.53. The maximum Gasteiger partial charge on any atom is 0.248 e. The molecule has 0 bridgehead atoms. The predicted molar refractivity (Wildman–Crippen MR) is 76.3 cm³/mol. The number of morpholine rings is 1. The predicted octanol–water partition coefficient (Wildman–Crippen LogP) is 1.73. The van der Waals surface area contributed by atoms with Crippen molar-refractivity contribution in [2.45, 2.75) is 6.10 Å². The van der Waals surface area contributed by atoms with Crippen LogP contribution in [0.1, 0.15) is 11.7 Å². The topological polar surface area (TPSA) is 49.8 Å². The number of hydrogen-bond acceptors (Lipinski definition) is 3. The third-order valence-corrected chi connectivity index (χ3v) is 3.66. The van der Waals surface area contributed by atoms with E-state index in [9.17, 15) is 9.90 Å². The summed E-state index contributed by atoms with van der Waals surface area (Å²) in [4.78, 5) is 13.4. The highest BCUT2D eigenvalue weighted by atomic mass is 16.5. The standard InChI is InChI=1S/C16H17NO3/c18-15(10-17-8-9-20-11-16(17)19)14-7-3-5-12-4-1-2-6-13(12)14/h1-7,15,18H,8-11H2. The lowest BCUT2D eigenvalue weighted by Gasteiger charge is -2.29. The molecular weight excluding hydrogens is 254 g/mol. The summed E-state index contributed by atoms with van der Waals surface area (Å²) in [6.07, 6.45) is -0.678. The summed E-state index contributed by atoms with van der Waals surface area (Å²) in [5, 5.41) is 12.6. The molecule has 0 aliphatic carbocycles. The van der Waals surface area contributed by atoms with Crippen LogP contribution in [0.15, 0.2) is 42.5 Å². The van der Waals surface area contributed by atoms with E-state index >= 15 is 0 Å². The van der Waals surface area contributed by atoms with Crippen LogP contribution in [-0.4, -0.2) is 42.2 Å². The van der Waals surface area contributed by atoms with E-state index < -0.39 is 6.10 Å². The summed E-state index contributed by atoms with van der Waals surface area (Å²) in [6.45, 7) is 1.51. The van der Waals surface area contributed by atoms with Gasteiger partial charge < -0.3 is 14.7 Å². The van der Waals surface area contributed by atoms with Crippen LogP contribution in [0.3, 0.4) is 0 Å². The molecule has 104 valence electrons. The number of amides is 1. The highest BCUT2D eigenvalue weighted by Crippen LogP contribution is 2.25. The first-order valence-corrected chi connectivity index (χ1v) is 6.77. The molecule has 2 aromatic carbocycles. The number of nitrogens with zero attached hydrogens (tertiary/aromatic N) is 1. The van der Waals surface area contributed by atoms with Crippen molar-refractivity contribution >= 4 is 16.7 Å². The van der Waals surface area contributed by atoms with E-state index in [1.807, 2.05) is 42.5 Å². The summed E-state index contributed by atoms with van der Waals surface area (Å²) in [6, 6.07) is 13.8. The lowest BCUT2D eigenvalue weighted by atomic mass is 10.00. The Morgan fingerprint density at radius 1 is 1.20 bits per heavy atom. The fourth-order valence-corrected chi connectivity index (χ4v) is 2.59. The van der Waals surface area contributed by atoms with E-state index in [4.69, 9.17) is 4.74 Å². The molecule has 1 fully saturated rings. The third-order valence-electron chi connectivity index (χ3n) is 3.66. The number of carbonyl (C=O) groups is 1. The molecule has 1 saturated heterocycles. The van der Waals surface area contributed by atoms with Crippen molar-refractivity contribution in [3.63, 3.8) is 0 Å². The molecule has 0 radical (unpaired) electrons. The molecule has 0 saturated carbocycles. The van der Waals surface area contributed by atoms with Gasteiger partial charge in [0.1, 0.15) is 6.61 Å². The Bertz CT molecular complexity index is 621. The first-order chi connectivity index (χ1) is 9.75. The van der Waals surface area contributed by atoms with Crippen LogP contribution < -0.4 is 0 Å². The van der Waals surface area contributed by atoms with Gasteiger partial charge in [-0.3, -0.25) is 4.79 Å². The second-order valence-corrected chi connectivity index (χ2v) is 4.98. The largest absolute Gasteiger partial charge is 0.387 e. The zero-order valence-corrected chi connectivity index (χ0v) is 11.2. The van der Waals surface area contributed by atoms with Crippen LogP contribution in [0.5, 0.6) is 0 Å². The van der Waals surface area contributed by atoms with Gasteiger partial charge in [0, 0.05) is 6.54 Å². The number of benzene rings is 2. The Morgan fingerprint density at radius 2 is 2.00 bits per heavy atom. The van der Waals surface area contributed by atoms with E-state index in [1.165, 1.54) is 0 Å². The molecule has 1 aliphatic rings. The Balaban J connectivity index is 1.85. The number of ether oxygens (including phenoxy) is 1. The molecule has 1 unspecified atom stereocenters. The van der Waals surface area contributed by atoms with Crippen molar-refractivity contribution in [3.8, 4) is 0 Å². The average Bonchev–Trinajstić information content (AvgIpc) is 2.49. The van der Waals surface area contributed by atoms with Gasteiger partial charge in [-0.2, -0.15) is 0 Å². The number of fused-ring (bicyclic) bond motifs is 1. The van der Waals surface area contributed by atoms with Crippen molar-refractivity contribution in [1.29, 1.82) is 0 Å². The van der Waals surface area contributed by atoms with Gasteiger partial charge in [0.05, 0.1) is 19.3 Å². The minimum absolute atomic E-state index is 0.0597. The van der Waals surface area contributed by atoms with E-state index in [0.29, 0.717) is 19.7 Å². The molecule has 1 heterocycles. The van der Waals surface area contributed by atoms with Gasteiger partial charge in [-0.1, -0.05) is 42.5 Å². The highest BCUT2D eigenvalue weighted by molar-refractivity contribution is 5.86. The van der Waals surface area contributed by atoms with E-state index in [2.05, 4.69) is 0 Å². The Kier molecular flexibility index (Phi) is 3.67. The Labute approximate surface area is 117 Å². The molecule has 1 atom stereocenters. The van der Waals surface area contributed by atoms with Crippen LogP contribution in [-0.2, 0) is 9.53 Å². The highest BCUT2D eigenvalue weighted by Gasteiger charge is 2.22. The fraction of sp³-hybridized carbons (Fsp3) is 0.312. The van der Waals surface area contributed by atoms with Gasteiger partial charge in [0.2, 0.25) is 5.91 Å². The Morgan fingerprint density at radius 3 is 2.85 bits per heavy atom. The number of rotatable bonds is 3. The monoisotopic (exact) mass is 271 g/mol. The minimum Gasteiger partial charge on any atom is -0.387 e. The van der Waals surface area contributed by atoms with Crippen LogP contribution in [0.4, 0.5) is 0 Å². The maximum atomic E-state index is 11.7. The first kappa shape index (κ1) is 13.1. The average molecular weight is 271 g/mol. The SMILES string of the molecule is O=C1COCCN1CC(O)c1cccc2ccccc12. The molecule has 4 heteroatoms. The minimum atomic E-state index is -0.678. The zero-order valence-electron chi connectivity index (χ0n) is 11.2. The summed E-state index contributed by atoms with van der Waals surface area (Å²) in [7, 11) is 0. The second kappa shape index (κ2) is 5.61. The van der Waals surface area contributed by atoms with E-state index in [0.717, 1.165) is 16.3 Å². The van der Waals surface area contributed by atoms with Crippen molar-refractivity contribution in [1.82, 2.24) is 4.90 Å². The van der Waals surface area contributed by atoms with Crippen LogP contribution >= 0.6 is 0 Å². The molecule has 1 amide bonds. The molecule has 20 heavy (non-hydrogen) atoms. The summed E-state index contributed by atoms with van der Waals surface area (Å²) in [5.74, 6) is -0.0597. The molecule has 0 spiro atoms. The Hall–Kier alpha value is -1.91. The van der Waals surface area contributed by atoms with Crippen molar-refractivity contribution in [2.24, 2.45) is 0 Å². The van der Waals surface area contributed by atoms with Crippen LogP contribution in [0.2, 0.25) is 0 Å². The lowest BCUT2D eigenvalue weighted by Crippen LogP contribution is -2.43. The second-order valence-electron chi connectivity index (χ2n) is 4.98. The summed E-state index contributed by atoms with van der Waals surface area (Å²) >= 11 is 0. The van der Waals surface area contributed by atoms with Gasteiger partial charge in [-0.15, -0.1) is 0 Å². The molecule has 1 aliphatic heterocycles. The van der Waals surface area contributed by atoms with Gasteiger partial charge in [-0.25, -0.2) is 0 Å². The molecule has 2 aromatic rings. The van der Waals surface area contributed by atoms with Gasteiger partial charge in [-0.05, 0) is 16.3 Å². The van der Waals surface area contributed by atoms with Crippen molar-refractivity contribution in [2.75, 3.05) is 26.3 Å². The number of β-amino-alcohol motifs (C(OH)–C–C–N with tert-alkyl or cyclic N) is 1. The van der Waals surface area contributed by atoms with Crippen LogP contribution in [0, 0.1) is 0 Å². The first-order valence-electron chi connectivity index (χ1n) is 6.77. The quantitative estimate of drug-likeness (QED) is 0.925. The normalized spacial score (nSPS) is 17.4. The zero-order chi connectivity index (χ0) is 13.9. The molecule has 4 nitrogen and oxygen atoms in total. The number of carbonyl (C=O) groups excluding carboxylic acids is 1. The summed E-state index contributed by atoms with van der Waals surface area (Å²) < 4.78 is 5.10. The van der Waals surface area contributed by atoms with Crippen molar-refractivity contribution < 1.29 is 14.6 Å². The molecular formula is C16H17NO3. The summed E-state index contributed by atoms with van der Waals surface area (Å²) in [5.41, 5.74) is 0.863. The molecule has 1 N–H and O–H groups in total. The van der Waals surface area contributed by atoms with Crippen LogP contribution in [0.25, 0.3) is 10.8 Å². The molecule has 3 rings (SSSR count).